The van der Waals surface area contributed by atoms with E-state index in [2.05, 4.69) is 10.3 Å². The van der Waals surface area contributed by atoms with Gasteiger partial charge in [-0.3, -0.25) is 4.79 Å². The Kier molecular flexibility index (Phi) is 4.57. The van der Waals surface area contributed by atoms with Crippen molar-refractivity contribution < 1.29 is 4.79 Å². The molecule has 1 amide bonds. The van der Waals surface area contributed by atoms with Crippen LogP contribution in [0.5, 0.6) is 0 Å². The van der Waals surface area contributed by atoms with Crippen molar-refractivity contribution in [2.75, 3.05) is 11.1 Å². The number of hydrogen-bond acceptors (Lipinski definition) is 4. The molecule has 3 N–H and O–H groups in total. The Morgan fingerprint density at radius 3 is 2.90 bits per heavy atom. The van der Waals surface area contributed by atoms with Gasteiger partial charge in [0.1, 0.15) is 0 Å². The summed E-state index contributed by atoms with van der Waals surface area (Å²) < 4.78 is 1.87. The lowest BCUT2D eigenvalue weighted by Gasteiger charge is -2.12. The van der Waals surface area contributed by atoms with E-state index in [9.17, 15) is 4.79 Å². The Morgan fingerprint density at radius 1 is 1.55 bits per heavy atom. The van der Waals surface area contributed by atoms with Crippen molar-refractivity contribution in [3.8, 4) is 0 Å². The van der Waals surface area contributed by atoms with Crippen molar-refractivity contribution in [3.63, 3.8) is 0 Å². The molecule has 1 atom stereocenters. The Labute approximate surface area is 126 Å². The largest absolute Gasteiger partial charge is 0.399 e. The number of aryl methyl sites for hydroxylation is 1. The molecular formula is C13H15ClN4OS. The number of nitrogens with two attached hydrogens (primary N) is 1. The summed E-state index contributed by atoms with van der Waals surface area (Å²) in [6.45, 7) is 1.82. The monoisotopic (exact) mass is 310 g/mol. The van der Waals surface area contributed by atoms with E-state index in [-0.39, 0.29) is 11.2 Å². The molecule has 0 saturated heterocycles. The average molecular weight is 311 g/mol. The zero-order valence-electron chi connectivity index (χ0n) is 11.1. The van der Waals surface area contributed by atoms with E-state index in [0.29, 0.717) is 16.4 Å². The van der Waals surface area contributed by atoms with Gasteiger partial charge in [-0.05, 0) is 25.1 Å². The molecule has 0 radical (unpaired) electrons. The van der Waals surface area contributed by atoms with Crippen LogP contribution in [0.2, 0.25) is 5.02 Å². The summed E-state index contributed by atoms with van der Waals surface area (Å²) in [6.07, 6.45) is 3.54. The van der Waals surface area contributed by atoms with Gasteiger partial charge in [0, 0.05) is 25.1 Å². The van der Waals surface area contributed by atoms with Gasteiger partial charge < -0.3 is 15.6 Å². The number of anilines is 2. The first-order chi connectivity index (χ1) is 9.47. The molecule has 0 aliphatic heterocycles. The molecule has 2 rings (SSSR count). The van der Waals surface area contributed by atoms with Crippen LogP contribution in [0.15, 0.2) is 35.7 Å². The van der Waals surface area contributed by atoms with Crippen LogP contribution in [0.1, 0.15) is 6.92 Å². The number of carbonyl (C=O) groups is 1. The summed E-state index contributed by atoms with van der Waals surface area (Å²) in [7, 11) is 1.89. The summed E-state index contributed by atoms with van der Waals surface area (Å²) in [6, 6.07) is 4.99. The third kappa shape index (κ3) is 3.46. The van der Waals surface area contributed by atoms with E-state index in [1.165, 1.54) is 11.8 Å². The van der Waals surface area contributed by atoms with E-state index in [1.807, 2.05) is 24.7 Å². The predicted molar refractivity (Wildman–Crippen MR) is 83.0 cm³/mol. The van der Waals surface area contributed by atoms with Gasteiger partial charge in [-0.15, -0.1) is 0 Å². The number of carbonyl (C=O) groups excluding carboxylic acids is 1. The minimum atomic E-state index is -0.287. The van der Waals surface area contributed by atoms with Crippen LogP contribution in [-0.4, -0.2) is 20.7 Å². The van der Waals surface area contributed by atoms with Gasteiger partial charge in [0.25, 0.3) is 0 Å². The number of hydrogen-bond donors (Lipinski definition) is 2. The molecule has 7 heteroatoms. The zero-order valence-corrected chi connectivity index (χ0v) is 12.7. The highest BCUT2D eigenvalue weighted by molar-refractivity contribution is 8.00. The molecule has 20 heavy (non-hydrogen) atoms. The van der Waals surface area contributed by atoms with Crippen molar-refractivity contribution >= 4 is 40.6 Å². The highest BCUT2D eigenvalue weighted by atomic mass is 35.5. The van der Waals surface area contributed by atoms with Crippen molar-refractivity contribution in [2.24, 2.45) is 7.05 Å². The standard InChI is InChI=1S/C13H15ClN4OS/c1-8(20-13-16-5-6-18(13)2)12(19)17-11-4-3-9(15)7-10(11)14/h3-8H,15H2,1-2H3,(H,17,19). The Morgan fingerprint density at radius 2 is 2.30 bits per heavy atom. The number of thioether (sulfide) groups is 1. The fourth-order valence-electron chi connectivity index (χ4n) is 1.54. The summed E-state index contributed by atoms with van der Waals surface area (Å²) in [5, 5.41) is 3.71. The highest BCUT2D eigenvalue weighted by Crippen LogP contribution is 2.26. The maximum atomic E-state index is 12.1. The Hall–Kier alpha value is -1.66. The third-order valence-electron chi connectivity index (χ3n) is 2.68. The van der Waals surface area contributed by atoms with Crippen molar-refractivity contribution in [1.29, 1.82) is 0 Å². The number of imidazole rings is 1. The quantitative estimate of drug-likeness (QED) is 0.673. The van der Waals surface area contributed by atoms with Crippen LogP contribution in [-0.2, 0) is 11.8 Å². The second kappa shape index (κ2) is 6.19. The summed E-state index contributed by atoms with van der Waals surface area (Å²) >= 11 is 7.41. The second-order valence-electron chi connectivity index (χ2n) is 4.31. The molecule has 1 heterocycles. The molecule has 0 bridgehead atoms. The van der Waals surface area contributed by atoms with Crippen LogP contribution >= 0.6 is 23.4 Å². The van der Waals surface area contributed by atoms with E-state index >= 15 is 0 Å². The van der Waals surface area contributed by atoms with Crippen LogP contribution in [0.25, 0.3) is 0 Å². The first-order valence-electron chi connectivity index (χ1n) is 5.97. The number of nitrogen functional groups attached to an aromatic ring is 1. The predicted octanol–water partition coefficient (Wildman–Crippen LogP) is 2.78. The lowest BCUT2D eigenvalue weighted by Crippen LogP contribution is -2.23. The number of nitrogens with one attached hydrogen (secondary N) is 1. The highest BCUT2D eigenvalue weighted by Gasteiger charge is 2.17. The first kappa shape index (κ1) is 14.7. The number of halogens is 1. The minimum Gasteiger partial charge on any atom is -0.399 e. The van der Waals surface area contributed by atoms with Gasteiger partial charge in [-0.2, -0.15) is 0 Å². The molecule has 0 aliphatic carbocycles. The number of aromatic nitrogens is 2. The topological polar surface area (TPSA) is 72.9 Å². The molecular weight excluding hydrogens is 296 g/mol. The van der Waals surface area contributed by atoms with Gasteiger partial charge in [0.2, 0.25) is 5.91 Å². The van der Waals surface area contributed by atoms with Gasteiger partial charge in [0.15, 0.2) is 5.16 Å². The van der Waals surface area contributed by atoms with Gasteiger partial charge >= 0.3 is 0 Å². The van der Waals surface area contributed by atoms with Crippen LogP contribution in [0.3, 0.4) is 0 Å². The Bertz CT molecular complexity index is 629. The maximum Gasteiger partial charge on any atom is 0.237 e. The molecule has 0 aliphatic rings. The Balaban J connectivity index is 2.02. The fraction of sp³-hybridized carbons (Fsp3) is 0.231. The molecule has 0 saturated carbocycles. The lowest BCUT2D eigenvalue weighted by atomic mass is 10.2. The fourth-order valence-corrected chi connectivity index (χ4v) is 2.61. The SMILES string of the molecule is CC(Sc1nccn1C)C(=O)Nc1ccc(N)cc1Cl. The van der Waals surface area contributed by atoms with E-state index < -0.39 is 0 Å². The summed E-state index contributed by atoms with van der Waals surface area (Å²) in [5.74, 6) is -0.135. The van der Waals surface area contributed by atoms with Gasteiger partial charge in [-0.25, -0.2) is 4.98 Å². The molecule has 1 aromatic heterocycles. The number of benzene rings is 1. The van der Waals surface area contributed by atoms with Crippen LogP contribution < -0.4 is 11.1 Å². The summed E-state index contributed by atoms with van der Waals surface area (Å²) in [5.41, 5.74) is 6.73. The van der Waals surface area contributed by atoms with E-state index in [4.69, 9.17) is 17.3 Å². The number of rotatable bonds is 4. The lowest BCUT2D eigenvalue weighted by molar-refractivity contribution is -0.115. The number of amides is 1. The zero-order chi connectivity index (χ0) is 14.7. The minimum absolute atomic E-state index is 0.135. The maximum absolute atomic E-state index is 12.1. The second-order valence-corrected chi connectivity index (χ2v) is 6.02. The molecule has 0 fully saturated rings. The van der Waals surface area contributed by atoms with E-state index in [1.54, 1.807) is 24.4 Å². The normalized spacial score (nSPS) is 12.2. The molecule has 5 nitrogen and oxygen atoms in total. The number of nitrogens with zero attached hydrogens (tertiary/aromatic N) is 2. The van der Waals surface area contributed by atoms with Gasteiger partial charge in [-0.1, -0.05) is 23.4 Å². The third-order valence-corrected chi connectivity index (χ3v) is 4.16. The van der Waals surface area contributed by atoms with Crippen LogP contribution in [0, 0.1) is 0 Å². The first-order valence-corrected chi connectivity index (χ1v) is 7.23. The smallest absolute Gasteiger partial charge is 0.237 e. The molecule has 106 valence electrons. The van der Waals surface area contributed by atoms with Crippen molar-refractivity contribution in [2.45, 2.75) is 17.3 Å². The molecule has 0 spiro atoms. The van der Waals surface area contributed by atoms with Crippen molar-refractivity contribution in [1.82, 2.24) is 9.55 Å². The van der Waals surface area contributed by atoms with Crippen molar-refractivity contribution in [3.05, 3.63) is 35.6 Å². The summed E-state index contributed by atoms with van der Waals surface area (Å²) in [4.78, 5) is 16.3. The van der Waals surface area contributed by atoms with Gasteiger partial charge in [0.05, 0.1) is 16.0 Å². The van der Waals surface area contributed by atoms with Crippen LogP contribution in [0.4, 0.5) is 11.4 Å². The molecule has 2 aromatic rings. The molecule has 1 unspecified atom stereocenters. The molecule has 1 aromatic carbocycles. The average Bonchev–Trinajstić information content (AvgIpc) is 2.78. The van der Waals surface area contributed by atoms with E-state index in [0.717, 1.165) is 5.16 Å².